The highest BCUT2D eigenvalue weighted by molar-refractivity contribution is 9.10. The standard InChI is InChI=1S/C24H20BrF2O4S/c1-16(25)23(28)30-14-15-31-24(29)17-2-8-20(9-3-17)32(21-10-4-18(26)5-11-21)22-12-6-19(27)7-13-22/h2-13,16H,14-15H2,1H3/q+1. The van der Waals surface area contributed by atoms with Crippen molar-refractivity contribution in [3.8, 4) is 0 Å². The molecular formula is C24H20BrF2O4S+. The van der Waals surface area contributed by atoms with Crippen molar-refractivity contribution in [1.29, 1.82) is 0 Å². The number of carbonyl (C=O) groups excluding carboxylic acids is 2. The van der Waals surface area contributed by atoms with Crippen LogP contribution in [0.2, 0.25) is 0 Å². The molecule has 0 fully saturated rings. The molecule has 0 amide bonds. The molecule has 0 saturated carbocycles. The molecule has 3 rings (SSSR count). The smallest absolute Gasteiger partial charge is 0.338 e. The lowest BCUT2D eigenvalue weighted by Crippen LogP contribution is -2.18. The minimum Gasteiger partial charge on any atom is -0.461 e. The van der Waals surface area contributed by atoms with Gasteiger partial charge in [0, 0.05) is 0 Å². The van der Waals surface area contributed by atoms with E-state index in [1.165, 1.54) is 24.3 Å². The van der Waals surface area contributed by atoms with E-state index in [4.69, 9.17) is 9.47 Å². The molecule has 1 atom stereocenters. The minimum absolute atomic E-state index is 0.0306. The van der Waals surface area contributed by atoms with Gasteiger partial charge in [0.05, 0.1) is 16.5 Å². The van der Waals surface area contributed by atoms with Gasteiger partial charge >= 0.3 is 11.9 Å². The molecule has 3 aromatic carbocycles. The van der Waals surface area contributed by atoms with E-state index >= 15 is 0 Å². The Kier molecular flexibility index (Phi) is 8.41. The minimum atomic E-state index is -0.617. The van der Waals surface area contributed by atoms with Gasteiger partial charge in [-0.05, 0) is 79.7 Å². The summed E-state index contributed by atoms with van der Waals surface area (Å²) in [6, 6.07) is 19.2. The van der Waals surface area contributed by atoms with Gasteiger partial charge in [0.25, 0.3) is 0 Å². The number of carbonyl (C=O) groups is 2. The second-order valence-corrected chi connectivity index (χ2v) is 10.1. The van der Waals surface area contributed by atoms with Crippen molar-refractivity contribution >= 4 is 38.8 Å². The van der Waals surface area contributed by atoms with Gasteiger partial charge in [-0.3, -0.25) is 4.79 Å². The van der Waals surface area contributed by atoms with Crippen LogP contribution in [0.4, 0.5) is 8.78 Å². The molecule has 166 valence electrons. The van der Waals surface area contributed by atoms with Crippen molar-refractivity contribution in [2.24, 2.45) is 0 Å². The second kappa shape index (κ2) is 11.2. The third-order valence-corrected chi connectivity index (χ3v) is 6.91. The van der Waals surface area contributed by atoms with Gasteiger partial charge in [-0.25, -0.2) is 13.6 Å². The van der Waals surface area contributed by atoms with Crippen LogP contribution in [-0.4, -0.2) is 30.0 Å². The van der Waals surface area contributed by atoms with Crippen LogP contribution in [0.3, 0.4) is 0 Å². The third-order valence-electron chi connectivity index (χ3n) is 4.31. The number of esters is 2. The van der Waals surface area contributed by atoms with Crippen molar-refractivity contribution in [3.63, 3.8) is 0 Å². The Morgan fingerprint density at radius 3 is 1.62 bits per heavy atom. The Balaban J connectivity index is 1.74. The van der Waals surface area contributed by atoms with Crippen LogP contribution in [0.25, 0.3) is 0 Å². The molecule has 4 nitrogen and oxygen atoms in total. The van der Waals surface area contributed by atoms with Crippen molar-refractivity contribution < 1.29 is 27.8 Å². The van der Waals surface area contributed by atoms with Crippen LogP contribution < -0.4 is 0 Å². The molecule has 0 aliphatic heterocycles. The van der Waals surface area contributed by atoms with Crippen molar-refractivity contribution in [1.82, 2.24) is 0 Å². The van der Waals surface area contributed by atoms with E-state index in [0.717, 1.165) is 14.7 Å². The van der Waals surface area contributed by atoms with Crippen LogP contribution in [0, 0.1) is 11.6 Å². The molecule has 0 saturated heterocycles. The fourth-order valence-corrected chi connectivity index (χ4v) is 4.92. The van der Waals surface area contributed by atoms with Crippen LogP contribution in [-0.2, 0) is 25.2 Å². The molecule has 0 aromatic heterocycles. The highest BCUT2D eigenvalue weighted by Gasteiger charge is 2.29. The van der Waals surface area contributed by atoms with E-state index in [2.05, 4.69) is 15.9 Å². The van der Waals surface area contributed by atoms with E-state index in [9.17, 15) is 18.4 Å². The number of hydrogen-bond donors (Lipinski definition) is 0. The first-order valence-electron chi connectivity index (χ1n) is 9.68. The molecule has 0 radical (unpaired) electrons. The molecule has 0 aliphatic carbocycles. The molecular weight excluding hydrogens is 502 g/mol. The molecule has 8 heteroatoms. The van der Waals surface area contributed by atoms with Crippen LogP contribution in [0.1, 0.15) is 17.3 Å². The summed E-state index contributed by atoms with van der Waals surface area (Å²) in [7, 11) is -0.617. The molecule has 0 spiro atoms. The SMILES string of the molecule is CC(Br)C(=O)OCCOC(=O)c1ccc([S+](c2ccc(F)cc2)c2ccc(F)cc2)cc1. The Bertz CT molecular complexity index is 1010. The molecule has 32 heavy (non-hydrogen) atoms. The van der Waals surface area contributed by atoms with Gasteiger partial charge in [0.15, 0.2) is 14.7 Å². The van der Waals surface area contributed by atoms with E-state index in [1.54, 1.807) is 55.5 Å². The Morgan fingerprint density at radius 1 is 0.781 bits per heavy atom. The van der Waals surface area contributed by atoms with E-state index in [0.29, 0.717) is 5.56 Å². The maximum atomic E-state index is 13.4. The second-order valence-electron chi connectivity index (χ2n) is 6.66. The molecule has 0 heterocycles. The van der Waals surface area contributed by atoms with E-state index in [-0.39, 0.29) is 24.8 Å². The Labute approximate surface area is 196 Å². The number of halogens is 3. The summed E-state index contributed by atoms with van der Waals surface area (Å²) in [6.45, 7) is 1.56. The van der Waals surface area contributed by atoms with Crippen molar-refractivity contribution in [3.05, 3.63) is 90.0 Å². The summed E-state index contributed by atoms with van der Waals surface area (Å²) in [5, 5.41) is 0. The van der Waals surface area contributed by atoms with Gasteiger partial charge in [-0.2, -0.15) is 0 Å². The first-order valence-corrected chi connectivity index (χ1v) is 11.8. The number of hydrogen-bond acceptors (Lipinski definition) is 4. The zero-order chi connectivity index (χ0) is 23.1. The fourth-order valence-electron chi connectivity index (χ4n) is 2.75. The highest BCUT2D eigenvalue weighted by atomic mass is 79.9. The van der Waals surface area contributed by atoms with Crippen LogP contribution >= 0.6 is 15.9 Å². The van der Waals surface area contributed by atoms with Crippen molar-refractivity contribution in [2.45, 2.75) is 26.4 Å². The van der Waals surface area contributed by atoms with Gasteiger partial charge < -0.3 is 9.47 Å². The highest BCUT2D eigenvalue weighted by Crippen LogP contribution is 2.31. The molecule has 0 N–H and O–H groups in total. The molecule has 3 aromatic rings. The van der Waals surface area contributed by atoms with Gasteiger partial charge in [-0.1, -0.05) is 15.9 Å². The lowest BCUT2D eigenvalue weighted by molar-refractivity contribution is -0.143. The monoisotopic (exact) mass is 521 g/mol. The average molecular weight is 522 g/mol. The maximum Gasteiger partial charge on any atom is 0.338 e. The number of benzene rings is 3. The first kappa shape index (κ1) is 23.9. The zero-order valence-corrected chi connectivity index (χ0v) is 19.5. The summed E-state index contributed by atoms with van der Waals surface area (Å²) in [5.41, 5.74) is 0.343. The number of ether oxygens (including phenoxy) is 2. The van der Waals surface area contributed by atoms with Crippen LogP contribution in [0.15, 0.2) is 87.5 Å². The van der Waals surface area contributed by atoms with Gasteiger partial charge in [-0.15, -0.1) is 0 Å². The number of rotatable bonds is 8. The number of alkyl halides is 1. The third kappa shape index (κ3) is 6.40. The lowest BCUT2D eigenvalue weighted by atomic mass is 10.2. The fraction of sp³-hybridized carbons (Fsp3) is 0.167. The summed E-state index contributed by atoms with van der Waals surface area (Å²) in [5.74, 6) is -1.65. The predicted molar refractivity (Wildman–Crippen MR) is 121 cm³/mol. The molecule has 1 unspecified atom stereocenters. The normalized spacial score (nSPS) is 11.8. The largest absolute Gasteiger partial charge is 0.461 e. The zero-order valence-electron chi connectivity index (χ0n) is 17.1. The maximum absolute atomic E-state index is 13.4. The van der Waals surface area contributed by atoms with Crippen LogP contribution in [0.5, 0.6) is 0 Å². The van der Waals surface area contributed by atoms with E-state index in [1.807, 2.05) is 0 Å². The van der Waals surface area contributed by atoms with Gasteiger partial charge in [0.2, 0.25) is 0 Å². The predicted octanol–water partition coefficient (Wildman–Crippen LogP) is 5.54. The first-order chi connectivity index (χ1) is 15.3. The summed E-state index contributed by atoms with van der Waals surface area (Å²) < 4.78 is 36.9. The molecule has 0 bridgehead atoms. The van der Waals surface area contributed by atoms with E-state index < -0.39 is 27.7 Å². The molecule has 0 aliphatic rings. The Hall–Kier alpha value is -2.71. The topological polar surface area (TPSA) is 52.6 Å². The average Bonchev–Trinajstić information content (AvgIpc) is 2.79. The summed E-state index contributed by atoms with van der Waals surface area (Å²) >= 11 is 3.10. The lowest BCUT2D eigenvalue weighted by Gasteiger charge is -2.09. The Morgan fingerprint density at radius 2 is 1.19 bits per heavy atom. The summed E-state index contributed by atoms with van der Waals surface area (Å²) in [6.07, 6.45) is 0. The van der Waals surface area contributed by atoms with Gasteiger partial charge in [0.1, 0.15) is 29.7 Å². The quantitative estimate of drug-likeness (QED) is 0.169. The summed E-state index contributed by atoms with van der Waals surface area (Å²) in [4.78, 5) is 25.8. The van der Waals surface area contributed by atoms with Crippen molar-refractivity contribution in [2.75, 3.05) is 13.2 Å².